The van der Waals surface area contributed by atoms with E-state index in [-0.39, 0.29) is 12.0 Å². The molecule has 2 atom stereocenters. The van der Waals surface area contributed by atoms with Gasteiger partial charge in [0.15, 0.2) is 0 Å². The number of aliphatic carboxylic acids is 1. The molecule has 16 heavy (non-hydrogen) atoms. The number of rotatable bonds is 3. The Morgan fingerprint density at radius 2 is 2.25 bits per heavy atom. The van der Waals surface area contributed by atoms with Crippen LogP contribution in [-0.2, 0) is 4.79 Å². The fraction of sp³-hybridized carbons (Fsp3) is 0.700. The molecule has 0 radical (unpaired) electrons. The number of hydrogen-bond acceptors (Lipinski definition) is 5. The summed E-state index contributed by atoms with van der Waals surface area (Å²) in [5, 5.41) is 13.1. The van der Waals surface area contributed by atoms with E-state index in [0.717, 1.165) is 37.2 Å². The maximum absolute atomic E-state index is 11.2. The van der Waals surface area contributed by atoms with E-state index < -0.39 is 5.97 Å². The number of carbonyl (C=O) groups is 1. The Balaban J connectivity index is 2.05. The first kappa shape index (κ1) is 11.3. The second-order valence-corrected chi connectivity index (χ2v) is 4.86. The lowest BCUT2D eigenvalue weighted by molar-refractivity contribution is -0.142. The molecule has 88 valence electrons. The van der Waals surface area contributed by atoms with E-state index in [1.807, 2.05) is 0 Å². The molecule has 2 unspecified atom stereocenters. The van der Waals surface area contributed by atoms with Crippen molar-refractivity contribution in [1.82, 2.24) is 9.36 Å². The minimum Gasteiger partial charge on any atom is -0.481 e. The van der Waals surface area contributed by atoms with Crippen molar-refractivity contribution in [2.24, 2.45) is 5.92 Å². The van der Waals surface area contributed by atoms with Crippen LogP contribution in [-0.4, -0.2) is 26.5 Å². The van der Waals surface area contributed by atoms with Crippen LogP contribution in [0, 0.1) is 5.92 Å². The van der Waals surface area contributed by atoms with Crippen molar-refractivity contribution in [3.8, 4) is 0 Å². The maximum atomic E-state index is 11.2. The van der Waals surface area contributed by atoms with E-state index >= 15 is 0 Å². The van der Waals surface area contributed by atoms with Gasteiger partial charge in [0.05, 0.1) is 5.92 Å². The molecule has 1 aromatic rings. The van der Waals surface area contributed by atoms with Crippen LogP contribution in [0.3, 0.4) is 0 Å². The Morgan fingerprint density at radius 3 is 2.94 bits per heavy atom. The predicted molar refractivity (Wildman–Crippen MR) is 61.5 cm³/mol. The molecule has 0 bridgehead atoms. The summed E-state index contributed by atoms with van der Waals surface area (Å²) >= 11 is 1.27. The van der Waals surface area contributed by atoms with Crippen molar-refractivity contribution in [3.05, 3.63) is 6.33 Å². The first-order chi connectivity index (χ1) is 7.77. The van der Waals surface area contributed by atoms with Crippen molar-refractivity contribution in [2.45, 2.75) is 38.1 Å². The second kappa shape index (κ2) is 5.25. The lowest BCUT2D eigenvalue weighted by atomic mass is 9.95. The summed E-state index contributed by atoms with van der Waals surface area (Å²) in [6.45, 7) is 0. The van der Waals surface area contributed by atoms with Gasteiger partial charge >= 0.3 is 5.97 Å². The zero-order valence-corrected chi connectivity index (χ0v) is 9.74. The van der Waals surface area contributed by atoms with Crippen molar-refractivity contribution in [2.75, 3.05) is 5.32 Å². The van der Waals surface area contributed by atoms with Gasteiger partial charge in [-0.25, -0.2) is 4.98 Å². The van der Waals surface area contributed by atoms with Gasteiger partial charge in [0.1, 0.15) is 6.33 Å². The van der Waals surface area contributed by atoms with Crippen LogP contribution in [0.4, 0.5) is 5.13 Å². The van der Waals surface area contributed by atoms with E-state index in [1.54, 1.807) is 0 Å². The Labute approximate surface area is 98.1 Å². The molecule has 1 heterocycles. The first-order valence-electron chi connectivity index (χ1n) is 5.53. The molecule has 0 amide bonds. The standard InChI is InChI=1S/C10H15N3O2S/c14-9(15)7-4-2-1-3-5-8(7)13-10-11-6-12-16-10/h6-8H,1-5H2,(H,14,15)(H,11,12,13). The average molecular weight is 241 g/mol. The van der Waals surface area contributed by atoms with Gasteiger partial charge in [-0.2, -0.15) is 4.37 Å². The van der Waals surface area contributed by atoms with E-state index in [0.29, 0.717) is 0 Å². The van der Waals surface area contributed by atoms with Crippen LogP contribution in [0.5, 0.6) is 0 Å². The zero-order chi connectivity index (χ0) is 11.4. The highest BCUT2D eigenvalue weighted by atomic mass is 32.1. The molecule has 1 saturated carbocycles. The molecule has 2 N–H and O–H groups in total. The third kappa shape index (κ3) is 2.69. The summed E-state index contributed by atoms with van der Waals surface area (Å²) in [4.78, 5) is 15.2. The predicted octanol–water partition coefficient (Wildman–Crippen LogP) is 1.98. The fourth-order valence-corrected chi connectivity index (χ4v) is 2.66. The summed E-state index contributed by atoms with van der Waals surface area (Å²) in [6.07, 6.45) is 6.35. The van der Waals surface area contributed by atoms with Gasteiger partial charge in [0, 0.05) is 17.6 Å². The minimum atomic E-state index is -0.705. The highest BCUT2D eigenvalue weighted by Gasteiger charge is 2.29. The van der Waals surface area contributed by atoms with Crippen molar-refractivity contribution >= 4 is 22.6 Å². The van der Waals surface area contributed by atoms with Crippen molar-refractivity contribution in [3.63, 3.8) is 0 Å². The van der Waals surface area contributed by atoms with Crippen LogP contribution < -0.4 is 5.32 Å². The number of carboxylic acid groups (broad SMARTS) is 1. The van der Waals surface area contributed by atoms with Gasteiger partial charge in [0.25, 0.3) is 0 Å². The highest BCUT2D eigenvalue weighted by Crippen LogP contribution is 2.26. The van der Waals surface area contributed by atoms with Crippen LogP contribution in [0.25, 0.3) is 0 Å². The second-order valence-electron chi connectivity index (χ2n) is 4.08. The quantitative estimate of drug-likeness (QED) is 0.791. The van der Waals surface area contributed by atoms with Crippen LogP contribution in [0.1, 0.15) is 32.1 Å². The molecule has 2 rings (SSSR count). The van der Waals surface area contributed by atoms with E-state index in [9.17, 15) is 9.90 Å². The number of nitrogens with one attached hydrogen (secondary N) is 1. The highest BCUT2D eigenvalue weighted by molar-refractivity contribution is 7.09. The Kier molecular flexibility index (Phi) is 3.71. The molecule has 1 fully saturated rings. The topological polar surface area (TPSA) is 75.1 Å². The smallest absolute Gasteiger partial charge is 0.308 e. The van der Waals surface area contributed by atoms with E-state index in [1.165, 1.54) is 17.9 Å². The summed E-state index contributed by atoms with van der Waals surface area (Å²) in [5.74, 6) is -1.00. The molecule has 1 aromatic heterocycles. The number of hydrogen-bond donors (Lipinski definition) is 2. The van der Waals surface area contributed by atoms with Crippen LogP contribution in [0.2, 0.25) is 0 Å². The third-order valence-corrected chi connectivity index (χ3v) is 3.60. The van der Waals surface area contributed by atoms with Gasteiger partial charge in [-0.1, -0.05) is 19.3 Å². The average Bonchev–Trinajstić information content (AvgIpc) is 2.63. The fourth-order valence-electron chi connectivity index (χ4n) is 2.17. The number of carboxylic acids is 1. The SMILES string of the molecule is O=C(O)C1CCCCCC1Nc1ncns1. The lowest BCUT2D eigenvalue weighted by Gasteiger charge is -2.22. The molecule has 6 heteroatoms. The largest absolute Gasteiger partial charge is 0.481 e. The monoisotopic (exact) mass is 241 g/mol. The van der Waals surface area contributed by atoms with Gasteiger partial charge < -0.3 is 10.4 Å². The van der Waals surface area contributed by atoms with Crippen molar-refractivity contribution < 1.29 is 9.90 Å². The maximum Gasteiger partial charge on any atom is 0.308 e. The summed E-state index contributed by atoms with van der Waals surface area (Å²) < 4.78 is 3.90. The molecule has 5 nitrogen and oxygen atoms in total. The van der Waals surface area contributed by atoms with E-state index in [4.69, 9.17) is 0 Å². The molecule has 1 aliphatic carbocycles. The molecule has 0 aliphatic heterocycles. The zero-order valence-electron chi connectivity index (χ0n) is 8.93. The molecule has 0 spiro atoms. The van der Waals surface area contributed by atoms with Crippen LogP contribution in [0.15, 0.2) is 6.33 Å². The number of nitrogens with zero attached hydrogens (tertiary/aromatic N) is 2. The minimum absolute atomic E-state index is 0.00653. The molecule has 1 aliphatic rings. The number of anilines is 1. The van der Waals surface area contributed by atoms with E-state index in [2.05, 4.69) is 14.7 Å². The Morgan fingerprint density at radius 1 is 1.44 bits per heavy atom. The van der Waals surface area contributed by atoms with Gasteiger partial charge in [-0.3, -0.25) is 4.79 Å². The van der Waals surface area contributed by atoms with Crippen molar-refractivity contribution in [1.29, 1.82) is 0 Å². The number of aromatic nitrogens is 2. The van der Waals surface area contributed by atoms with Gasteiger partial charge in [-0.05, 0) is 12.8 Å². The van der Waals surface area contributed by atoms with Gasteiger partial charge in [-0.15, -0.1) is 0 Å². The summed E-state index contributed by atoms with van der Waals surface area (Å²) in [6, 6.07) is -0.00653. The first-order valence-corrected chi connectivity index (χ1v) is 6.31. The Bertz CT molecular complexity index is 342. The molecule has 0 aromatic carbocycles. The molecular formula is C10H15N3O2S. The summed E-state index contributed by atoms with van der Waals surface area (Å²) in [5.41, 5.74) is 0. The molecular weight excluding hydrogens is 226 g/mol. The summed E-state index contributed by atoms with van der Waals surface area (Å²) in [7, 11) is 0. The normalized spacial score (nSPS) is 26.0. The Hall–Kier alpha value is -1.17. The van der Waals surface area contributed by atoms with Gasteiger partial charge in [0.2, 0.25) is 5.13 Å². The lowest BCUT2D eigenvalue weighted by Crippen LogP contribution is -2.33. The van der Waals surface area contributed by atoms with Crippen LogP contribution >= 0.6 is 11.5 Å². The third-order valence-electron chi connectivity index (χ3n) is 3.00. The molecule has 0 saturated heterocycles.